The van der Waals surface area contributed by atoms with Crippen molar-refractivity contribution < 1.29 is 38.7 Å². The summed E-state index contributed by atoms with van der Waals surface area (Å²) in [6, 6.07) is 3.01. The van der Waals surface area contributed by atoms with Crippen molar-refractivity contribution in [2.75, 3.05) is 12.4 Å². The van der Waals surface area contributed by atoms with E-state index < -0.39 is 35.8 Å². The number of aryl methyl sites for hydroxylation is 1. The number of fused-ring (bicyclic) bond motifs is 1. The molecule has 10 heteroatoms. The Balaban J connectivity index is 1.59. The summed E-state index contributed by atoms with van der Waals surface area (Å²) in [5.41, 5.74) is -1.70. The first kappa shape index (κ1) is 25.4. The van der Waals surface area contributed by atoms with Gasteiger partial charge in [-0.3, -0.25) is 4.79 Å². The van der Waals surface area contributed by atoms with Gasteiger partial charge in [-0.05, 0) is 51.7 Å². The molecule has 1 saturated carbocycles. The minimum Gasteiger partial charge on any atom is -0.505 e. The zero-order valence-electron chi connectivity index (χ0n) is 20.5. The van der Waals surface area contributed by atoms with Crippen LogP contribution >= 0.6 is 0 Å². The summed E-state index contributed by atoms with van der Waals surface area (Å²) in [7, 11) is 1.42. The van der Waals surface area contributed by atoms with Crippen LogP contribution in [-0.2, 0) is 14.3 Å². The molecule has 1 saturated heterocycles. The molecule has 1 aliphatic heterocycles. The molecule has 2 unspecified atom stereocenters. The summed E-state index contributed by atoms with van der Waals surface area (Å²) in [6.45, 7) is 7.09. The largest absolute Gasteiger partial charge is 0.505 e. The molecule has 2 heterocycles. The van der Waals surface area contributed by atoms with Crippen molar-refractivity contribution in [1.29, 1.82) is 0 Å². The van der Waals surface area contributed by atoms with Gasteiger partial charge in [0.2, 0.25) is 12.2 Å². The first-order chi connectivity index (χ1) is 16.5. The Morgan fingerprint density at radius 1 is 1.26 bits per heavy atom. The standard InChI is InChI=1S/C25H33NO9/c1-6-7-12-10-14(12)22(30)26-16-17(27)13-8-9-15(11(2)20(13)34-23(16)31)33-24-19(29)18(28)21(32-5)25(3,4)35-24/h8-9,12,14,18-19,21,24,27-29H,6-7,10H2,1-5H3,(H,26,30)/t12?,14?,18-,19+,21+,24+/m0/s1. The van der Waals surface area contributed by atoms with Crippen LogP contribution in [0.15, 0.2) is 21.3 Å². The fourth-order valence-electron chi connectivity index (χ4n) is 4.91. The van der Waals surface area contributed by atoms with Gasteiger partial charge < -0.3 is 39.3 Å². The highest BCUT2D eigenvalue weighted by Crippen LogP contribution is 2.43. The first-order valence-corrected chi connectivity index (χ1v) is 11.8. The molecule has 1 amide bonds. The molecule has 4 N–H and O–H groups in total. The van der Waals surface area contributed by atoms with E-state index in [2.05, 4.69) is 12.2 Å². The number of aromatic hydroxyl groups is 1. The molecule has 10 nitrogen and oxygen atoms in total. The Bertz CT molecular complexity index is 1170. The number of hydrogen-bond donors (Lipinski definition) is 4. The Hall–Kier alpha value is -2.66. The summed E-state index contributed by atoms with van der Waals surface area (Å²) in [4.78, 5) is 25.2. The topological polar surface area (TPSA) is 148 Å². The number of methoxy groups -OCH3 is 1. The molecule has 192 valence electrons. The quantitative estimate of drug-likeness (QED) is 0.429. The Morgan fingerprint density at radius 2 is 1.97 bits per heavy atom. The Kier molecular flexibility index (Phi) is 6.85. The first-order valence-electron chi connectivity index (χ1n) is 11.8. The number of hydrogen-bond acceptors (Lipinski definition) is 9. The van der Waals surface area contributed by atoms with Gasteiger partial charge in [0.1, 0.15) is 29.6 Å². The van der Waals surface area contributed by atoms with Crippen molar-refractivity contribution >= 4 is 22.6 Å². The van der Waals surface area contributed by atoms with Crippen molar-refractivity contribution in [2.24, 2.45) is 11.8 Å². The van der Waals surface area contributed by atoms with Gasteiger partial charge >= 0.3 is 5.63 Å². The molecule has 4 rings (SSSR count). The second kappa shape index (κ2) is 9.42. The second-order valence-electron chi connectivity index (χ2n) is 9.90. The Morgan fingerprint density at radius 3 is 2.63 bits per heavy atom. The van der Waals surface area contributed by atoms with Gasteiger partial charge in [0, 0.05) is 18.6 Å². The van der Waals surface area contributed by atoms with Crippen LogP contribution < -0.4 is 15.7 Å². The normalized spacial score (nSPS) is 29.7. The summed E-state index contributed by atoms with van der Waals surface area (Å²) >= 11 is 0. The van der Waals surface area contributed by atoms with Crippen molar-refractivity contribution in [3.63, 3.8) is 0 Å². The molecule has 2 fully saturated rings. The molecular weight excluding hydrogens is 458 g/mol. The maximum atomic E-state index is 12.6. The highest BCUT2D eigenvalue weighted by molar-refractivity contribution is 5.99. The average molecular weight is 492 g/mol. The van der Waals surface area contributed by atoms with Gasteiger partial charge in [0.05, 0.1) is 11.0 Å². The third-order valence-corrected chi connectivity index (χ3v) is 6.96. The molecule has 35 heavy (non-hydrogen) atoms. The van der Waals surface area contributed by atoms with Gasteiger partial charge in [-0.1, -0.05) is 13.3 Å². The van der Waals surface area contributed by atoms with E-state index in [0.29, 0.717) is 11.5 Å². The van der Waals surface area contributed by atoms with E-state index in [-0.39, 0.29) is 40.0 Å². The molecular formula is C25H33NO9. The number of aliphatic hydroxyl groups excluding tert-OH is 2. The van der Waals surface area contributed by atoms with Crippen LogP contribution in [0.5, 0.6) is 11.5 Å². The van der Waals surface area contributed by atoms with Crippen LogP contribution in [0.3, 0.4) is 0 Å². The van der Waals surface area contributed by atoms with Crippen LogP contribution in [0.2, 0.25) is 0 Å². The molecule has 2 aliphatic rings. The van der Waals surface area contributed by atoms with Crippen molar-refractivity contribution in [1.82, 2.24) is 0 Å². The maximum absolute atomic E-state index is 12.6. The van der Waals surface area contributed by atoms with Crippen molar-refractivity contribution in [3.05, 3.63) is 28.1 Å². The van der Waals surface area contributed by atoms with Gasteiger partial charge in [-0.2, -0.15) is 0 Å². The average Bonchev–Trinajstić information content (AvgIpc) is 3.56. The van der Waals surface area contributed by atoms with Crippen LogP contribution in [0.1, 0.15) is 45.6 Å². The number of carbonyl (C=O) groups excluding carboxylic acids is 1. The minimum absolute atomic E-state index is 0.0677. The summed E-state index contributed by atoms with van der Waals surface area (Å²) in [6.07, 6.45) is -1.97. The maximum Gasteiger partial charge on any atom is 0.364 e. The number of aliphatic hydroxyl groups is 2. The van der Waals surface area contributed by atoms with E-state index >= 15 is 0 Å². The molecule has 0 bridgehead atoms. The lowest BCUT2D eigenvalue weighted by Gasteiger charge is -2.46. The molecule has 1 aromatic heterocycles. The highest BCUT2D eigenvalue weighted by atomic mass is 16.7. The lowest BCUT2D eigenvalue weighted by atomic mass is 9.89. The van der Waals surface area contributed by atoms with E-state index in [1.54, 1.807) is 20.8 Å². The number of benzene rings is 1. The van der Waals surface area contributed by atoms with Crippen molar-refractivity contribution in [3.8, 4) is 11.5 Å². The fraction of sp³-hybridized carbons (Fsp3) is 0.600. The number of rotatable bonds is 7. The molecule has 2 aromatic rings. The van der Waals surface area contributed by atoms with E-state index in [9.17, 15) is 24.9 Å². The fourth-order valence-corrected chi connectivity index (χ4v) is 4.91. The minimum atomic E-state index is -1.40. The summed E-state index contributed by atoms with van der Waals surface area (Å²) in [5.74, 6) is -0.334. The predicted octanol–water partition coefficient (Wildman–Crippen LogP) is 2.43. The predicted molar refractivity (Wildman–Crippen MR) is 126 cm³/mol. The van der Waals surface area contributed by atoms with E-state index in [1.807, 2.05) is 0 Å². The number of amides is 1. The lowest BCUT2D eigenvalue weighted by molar-refractivity contribution is -0.306. The highest BCUT2D eigenvalue weighted by Gasteiger charge is 2.50. The van der Waals surface area contributed by atoms with Gasteiger partial charge in [-0.25, -0.2) is 4.79 Å². The Labute approximate surface area is 202 Å². The third kappa shape index (κ3) is 4.63. The van der Waals surface area contributed by atoms with Crippen LogP contribution in [0.25, 0.3) is 11.0 Å². The number of carbonyl (C=O) groups is 1. The third-order valence-electron chi connectivity index (χ3n) is 6.96. The molecule has 1 aromatic carbocycles. The van der Waals surface area contributed by atoms with Crippen LogP contribution in [-0.4, -0.2) is 58.5 Å². The number of ether oxygens (including phenoxy) is 3. The van der Waals surface area contributed by atoms with Crippen LogP contribution in [0, 0.1) is 18.8 Å². The van der Waals surface area contributed by atoms with Crippen molar-refractivity contribution in [2.45, 2.75) is 77.2 Å². The molecule has 0 radical (unpaired) electrons. The number of anilines is 1. The molecule has 6 atom stereocenters. The van der Waals surface area contributed by atoms with Gasteiger partial charge in [0.15, 0.2) is 11.4 Å². The molecule has 1 aliphatic carbocycles. The van der Waals surface area contributed by atoms with Crippen LogP contribution in [0.4, 0.5) is 5.69 Å². The monoisotopic (exact) mass is 491 g/mol. The van der Waals surface area contributed by atoms with Gasteiger partial charge in [-0.15, -0.1) is 0 Å². The van der Waals surface area contributed by atoms with Gasteiger partial charge in [0.25, 0.3) is 0 Å². The lowest BCUT2D eigenvalue weighted by Crippen LogP contribution is -2.63. The van der Waals surface area contributed by atoms with E-state index in [4.69, 9.17) is 18.6 Å². The molecule has 0 spiro atoms. The van der Waals surface area contributed by atoms with E-state index in [1.165, 1.54) is 19.2 Å². The zero-order chi connectivity index (χ0) is 25.7. The smallest absolute Gasteiger partial charge is 0.364 e. The SMILES string of the molecule is CCCC1CC1C(=O)Nc1c(O)c2ccc(O[C@@H]3OC(C)(C)[C@H](OC)[C@@H](O)[C@H]3O)c(C)c2oc1=O. The number of nitrogens with one attached hydrogen (secondary N) is 1. The second-order valence-corrected chi connectivity index (χ2v) is 9.90. The van der Waals surface area contributed by atoms with E-state index in [0.717, 1.165) is 19.3 Å². The zero-order valence-corrected chi connectivity index (χ0v) is 20.5. The summed E-state index contributed by atoms with van der Waals surface area (Å²) in [5, 5.41) is 34.5. The summed E-state index contributed by atoms with van der Waals surface area (Å²) < 4.78 is 22.4.